The quantitative estimate of drug-likeness (QED) is 0.803. The Morgan fingerprint density at radius 3 is 2.57 bits per heavy atom. The third kappa shape index (κ3) is 3.90. The van der Waals surface area contributed by atoms with E-state index in [1.165, 1.54) is 11.3 Å². The fraction of sp³-hybridized carbons (Fsp3) is 0.545. The standard InChI is InChI=1S/C22H29N5O2S/c1-16-4-2-3-5-19(16)26-9-11-27(12-10-26)22-24-18-8-15-30(28)20(18)21(25-22)23-17-6-13-29-14-7-17/h2-5,17H,6-15H2,1H3,(H,23,24,25). The van der Waals surface area contributed by atoms with Crippen LogP contribution in [-0.4, -0.2) is 65.4 Å². The third-order valence-electron chi connectivity index (χ3n) is 6.26. The molecule has 2 fully saturated rings. The van der Waals surface area contributed by atoms with Gasteiger partial charge in [-0.25, -0.2) is 4.98 Å². The highest BCUT2D eigenvalue weighted by atomic mass is 32.2. The maximum atomic E-state index is 12.6. The van der Waals surface area contributed by atoms with Crippen molar-refractivity contribution >= 4 is 28.3 Å². The lowest BCUT2D eigenvalue weighted by atomic mass is 10.1. The molecule has 1 atom stereocenters. The number of anilines is 3. The van der Waals surface area contributed by atoms with Gasteiger partial charge in [0.05, 0.1) is 16.5 Å². The van der Waals surface area contributed by atoms with E-state index in [1.807, 2.05) is 0 Å². The van der Waals surface area contributed by atoms with Crippen LogP contribution < -0.4 is 15.1 Å². The average Bonchev–Trinajstić information content (AvgIpc) is 3.16. The average molecular weight is 428 g/mol. The molecule has 1 aromatic heterocycles. The van der Waals surface area contributed by atoms with Gasteiger partial charge in [-0.05, 0) is 31.4 Å². The van der Waals surface area contributed by atoms with Gasteiger partial charge in [-0.1, -0.05) is 18.2 Å². The smallest absolute Gasteiger partial charge is 0.227 e. The number of benzene rings is 1. The molecule has 2 aromatic rings. The molecule has 0 radical (unpaired) electrons. The Morgan fingerprint density at radius 1 is 1.07 bits per heavy atom. The van der Waals surface area contributed by atoms with Crippen molar-refractivity contribution in [2.24, 2.45) is 0 Å². The van der Waals surface area contributed by atoms with E-state index < -0.39 is 10.8 Å². The summed E-state index contributed by atoms with van der Waals surface area (Å²) in [6.45, 7) is 7.35. The van der Waals surface area contributed by atoms with E-state index in [2.05, 4.69) is 46.3 Å². The minimum Gasteiger partial charge on any atom is -0.381 e. The van der Waals surface area contributed by atoms with Crippen molar-refractivity contribution in [2.45, 2.75) is 37.1 Å². The minimum atomic E-state index is -1.01. The van der Waals surface area contributed by atoms with Crippen LogP contribution in [0.2, 0.25) is 0 Å². The van der Waals surface area contributed by atoms with E-state index in [0.717, 1.165) is 81.0 Å². The number of hydrogen-bond donors (Lipinski definition) is 1. The van der Waals surface area contributed by atoms with Crippen LogP contribution >= 0.6 is 0 Å². The zero-order valence-electron chi connectivity index (χ0n) is 17.5. The highest BCUT2D eigenvalue weighted by Crippen LogP contribution is 2.31. The minimum absolute atomic E-state index is 0.320. The summed E-state index contributed by atoms with van der Waals surface area (Å²) in [6.07, 6.45) is 2.68. The molecule has 3 aliphatic rings. The molecule has 4 heterocycles. The topological polar surface area (TPSA) is 70.6 Å². The molecule has 2 saturated heterocycles. The van der Waals surface area contributed by atoms with Gasteiger partial charge in [0, 0.05) is 63.3 Å². The molecule has 3 aliphatic heterocycles. The monoisotopic (exact) mass is 427 g/mol. The summed E-state index contributed by atoms with van der Waals surface area (Å²) in [5.41, 5.74) is 3.57. The summed E-state index contributed by atoms with van der Waals surface area (Å²) in [5.74, 6) is 2.20. The van der Waals surface area contributed by atoms with E-state index in [0.29, 0.717) is 11.8 Å². The predicted octanol–water partition coefficient (Wildman–Crippen LogP) is 2.37. The van der Waals surface area contributed by atoms with E-state index in [1.54, 1.807) is 0 Å². The number of nitrogens with zero attached hydrogens (tertiary/aromatic N) is 4. The fourth-order valence-electron chi connectivity index (χ4n) is 4.52. The van der Waals surface area contributed by atoms with Crippen molar-refractivity contribution in [1.29, 1.82) is 0 Å². The van der Waals surface area contributed by atoms with E-state index >= 15 is 0 Å². The SMILES string of the molecule is Cc1ccccc1N1CCN(c2nc3c(c(NC4CCOCC4)n2)S(=O)CC3)CC1. The Balaban J connectivity index is 1.35. The predicted molar refractivity (Wildman–Crippen MR) is 120 cm³/mol. The summed E-state index contributed by atoms with van der Waals surface area (Å²) < 4.78 is 18.1. The van der Waals surface area contributed by atoms with Crippen LogP contribution in [0.4, 0.5) is 17.5 Å². The fourth-order valence-corrected chi connectivity index (χ4v) is 5.84. The van der Waals surface area contributed by atoms with Gasteiger partial charge in [-0.2, -0.15) is 4.98 Å². The van der Waals surface area contributed by atoms with Crippen LogP contribution in [0.1, 0.15) is 24.1 Å². The molecule has 1 unspecified atom stereocenters. The van der Waals surface area contributed by atoms with Gasteiger partial charge < -0.3 is 19.9 Å². The van der Waals surface area contributed by atoms with E-state index in [9.17, 15) is 4.21 Å². The summed E-state index contributed by atoms with van der Waals surface area (Å²) in [4.78, 5) is 15.2. The molecule has 30 heavy (non-hydrogen) atoms. The van der Waals surface area contributed by atoms with Gasteiger partial charge in [0.1, 0.15) is 10.7 Å². The molecule has 0 saturated carbocycles. The van der Waals surface area contributed by atoms with Crippen molar-refractivity contribution in [3.8, 4) is 0 Å². The summed E-state index contributed by atoms with van der Waals surface area (Å²) >= 11 is 0. The summed E-state index contributed by atoms with van der Waals surface area (Å²) in [5, 5.41) is 3.57. The van der Waals surface area contributed by atoms with Gasteiger partial charge in [0.2, 0.25) is 5.95 Å². The largest absolute Gasteiger partial charge is 0.381 e. The normalized spacial score (nSPS) is 22.2. The van der Waals surface area contributed by atoms with Crippen LogP contribution in [0, 0.1) is 6.92 Å². The number of aryl methyl sites for hydroxylation is 2. The Kier molecular flexibility index (Phi) is 5.60. The highest BCUT2D eigenvalue weighted by Gasteiger charge is 2.29. The zero-order chi connectivity index (χ0) is 20.5. The van der Waals surface area contributed by atoms with Gasteiger partial charge in [0.15, 0.2) is 0 Å². The first-order chi connectivity index (χ1) is 14.7. The molecule has 160 valence electrons. The van der Waals surface area contributed by atoms with Gasteiger partial charge >= 0.3 is 0 Å². The first-order valence-electron chi connectivity index (χ1n) is 10.9. The molecule has 7 nitrogen and oxygen atoms in total. The van der Waals surface area contributed by atoms with Gasteiger partial charge in [-0.15, -0.1) is 0 Å². The van der Waals surface area contributed by atoms with Crippen LogP contribution in [0.3, 0.4) is 0 Å². The molecule has 0 bridgehead atoms. The molecule has 0 spiro atoms. The lowest BCUT2D eigenvalue weighted by Crippen LogP contribution is -2.47. The number of piperazine rings is 1. The molecule has 1 aromatic carbocycles. The second kappa shape index (κ2) is 8.51. The highest BCUT2D eigenvalue weighted by molar-refractivity contribution is 7.85. The first-order valence-corrected chi connectivity index (χ1v) is 12.2. The van der Waals surface area contributed by atoms with Crippen molar-refractivity contribution in [1.82, 2.24) is 9.97 Å². The molecular weight excluding hydrogens is 398 g/mol. The lowest BCUT2D eigenvalue weighted by molar-refractivity contribution is 0.0903. The number of ether oxygens (including phenoxy) is 1. The summed E-state index contributed by atoms with van der Waals surface area (Å²) in [7, 11) is -1.01. The van der Waals surface area contributed by atoms with E-state index in [4.69, 9.17) is 14.7 Å². The Morgan fingerprint density at radius 2 is 1.80 bits per heavy atom. The maximum Gasteiger partial charge on any atom is 0.227 e. The third-order valence-corrected chi connectivity index (χ3v) is 7.72. The zero-order valence-corrected chi connectivity index (χ0v) is 18.3. The van der Waals surface area contributed by atoms with Gasteiger partial charge in [0.25, 0.3) is 0 Å². The first kappa shape index (κ1) is 19.8. The van der Waals surface area contributed by atoms with Crippen molar-refractivity contribution < 1.29 is 8.95 Å². The maximum absolute atomic E-state index is 12.6. The number of nitrogens with one attached hydrogen (secondary N) is 1. The number of hydrogen-bond acceptors (Lipinski definition) is 7. The van der Waals surface area contributed by atoms with Crippen LogP contribution in [0.25, 0.3) is 0 Å². The molecular formula is C22H29N5O2S. The Labute approximate surface area is 180 Å². The van der Waals surface area contributed by atoms with E-state index in [-0.39, 0.29) is 0 Å². The second-order valence-corrected chi connectivity index (χ2v) is 9.75. The van der Waals surface area contributed by atoms with Crippen molar-refractivity contribution in [2.75, 3.05) is 60.3 Å². The number of aromatic nitrogens is 2. The number of para-hydroxylation sites is 1. The molecule has 8 heteroatoms. The lowest BCUT2D eigenvalue weighted by Gasteiger charge is -2.37. The van der Waals surface area contributed by atoms with Crippen LogP contribution in [-0.2, 0) is 22.0 Å². The number of rotatable bonds is 4. The Bertz CT molecular complexity index is 939. The van der Waals surface area contributed by atoms with Crippen LogP contribution in [0.15, 0.2) is 29.2 Å². The molecule has 1 N–H and O–H groups in total. The van der Waals surface area contributed by atoms with Crippen LogP contribution in [0.5, 0.6) is 0 Å². The van der Waals surface area contributed by atoms with Crippen molar-refractivity contribution in [3.63, 3.8) is 0 Å². The van der Waals surface area contributed by atoms with Crippen molar-refractivity contribution in [3.05, 3.63) is 35.5 Å². The summed E-state index contributed by atoms with van der Waals surface area (Å²) in [6, 6.07) is 8.87. The molecule has 5 rings (SSSR count). The second-order valence-electron chi connectivity index (χ2n) is 8.24. The number of fused-ring (bicyclic) bond motifs is 1. The Hall–Kier alpha value is -2.19. The van der Waals surface area contributed by atoms with Gasteiger partial charge in [-0.3, -0.25) is 4.21 Å². The molecule has 0 aliphatic carbocycles. The molecule has 0 amide bonds.